The fourth-order valence-electron chi connectivity index (χ4n) is 1.14. The molecule has 0 radical (unpaired) electrons. The van der Waals surface area contributed by atoms with Gasteiger partial charge in [-0.3, -0.25) is 0 Å². The number of hydrogen-bond acceptors (Lipinski definition) is 3. The van der Waals surface area contributed by atoms with Crippen molar-refractivity contribution < 1.29 is 13.6 Å². The van der Waals surface area contributed by atoms with Crippen molar-refractivity contribution in [1.29, 1.82) is 0 Å². The molecule has 1 atom stereocenters. The zero-order valence-electron chi connectivity index (χ0n) is 12.2. The largest absolute Gasteiger partial charge is 0.520 e. The average Bonchev–Trinajstić information content (AvgIpc) is 2.11. The summed E-state index contributed by atoms with van der Waals surface area (Å²) in [5, 5.41) is 0. The van der Waals surface area contributed by atoms with Crippen molar-refractivity contribution in [3.63, 3.8) is 0 Å². The molecule has 0 aromatic rings. The molecule has 1 unspecified atom stereocenters. The summed E-state index contributed by atoms with van der Waals surface area (Å²) in [6, 6.07) is 0. The van der Waals surface area contributed by atoms with E-state index >= 15 is 0 Å². The van der Waals surface area contributed by atoms with Gasteiger partial charge in [-0.15, -0.1) is 6.58 Å². The van der Waals surface area contributed by atoms with Gasteiger partial charge >= 0.3 is 0 Å². The Labute approximate surface area is 108 Å². The highest BCUT2D eigenvalue weighted by molar-refractivity contribution is 6.70. The molecule has 5 heteroatoms. The van der Waals surface area contributed by atoms with Gasteiger partial charge in [-0.05, 0) is 39.3 Å². The lowest BCUT2D eigenvalue weighted by Crippen LogP contribution is -2.31. The van der Waals surface area contributed by atoms with Crippen molar-refractivity contribution in [3.05, 3.63) is 24.7 Å². The van der Waals surface area contributed by atoms with E-state index in [1.807, 2.05) is 6.08 Å². The fraction of sp³-hybridized carbons (Fsp3) is 0.667. The van der Waals surface area contributed by atoms with E-state index in [0.717, 1.165) is 0 Å². The van der Waals surface area contributed by atoms with E-state index in [0.29, 0.717) is 5.95 Å². The fourth-order valence-corrected chi connectivity index (χ4v) is 2.87. The van der Waals surface area contributed by atoms with Crippen LogP contribution < -0.4 is 0 Å². The molecule has 0 aliphatic rings. The minimum Gasteiger partial charge on any atom is -0.520 e. The smallest absolute Gasteiger partial charge is 0.263 e. The first kappa shape index (κ1) is 16.5. The van der Waals surface area contributed by atoms with E-state index in [4.69, 9.17) is 13.6 Å². The van der Waals surface area contributed by atoms with E-state index in [9.17, 15) is 0 Å². The topological polar surface area (TPSA) is 27.7 Å². The molecule has 100 valence electrons. The summed E-state index contributed by atoms with van der Waals surface area (Å²) in [7, 11) is -1.63. The maximum absolute atomic E-state index is 5.93. The molecule has 0 amide bonds. The molecule has 0 heterocycles. The van der Waals surface area contributed by atoms with Gasteiger partial charge in [-0.1, -0.05) is 6.08 Å². The first-order valence-corrected chi connectivity index (χ1v) is 12.6. The molecular weight excluding hydrogens is 248 g/mol. The minimum absolute atomic E-state index is 0.145. The number of rotatable bonds is 7. The van der Waals surface area contributed by atoms with Gasteiger partial charge in [-0.25, -0.2) is 0 Å². The summed E-state index contributed by atoms with van der Waals surface area (Å²) in [5.41, 5.74) is 0. The highest BCUT2D eigenvalue weighted by atomic mass is 28.4. The van der Waals surface area contributed by atoms with E-state index in [1.54, 1.807) is 13.2 Å². The molecule has 0 N–H and O–H groups in total. The minimum atomic E-state index is -1.65. The predicted octanol–water partition coefficient (Wildman–Crippen LogP) is 3.73. The maximum atomic E-state index is 5.93. The molecule has 0 aliphatic heterocycles. The van der Waals surface area contributed by atoms with Crippen molar-refractivity contribution in [3.8, 4) is 0 Å². The van der Waals surface area contributed by atoms with Crippen molar-refractivity contribution in [2.45, 2.75) is 45.4 Å². The summed E-state index contributed by atoms with van der Waals surface area (Å²) < 4.78 is 17.0. The average molecular weight is 275 g/mol. The van der Waals surface area contributed by atoms with E-state index in [1.165, 1.54) is 0 Å². The number of ether oxygens (including phenoxy) is 1. The third-order valence-corrected chi connectivity index (χ3v) is 3.42. The normalized spacial score (nSPS) is 15.4. The van der Waals surface area contributed by atoms with Crippen LogP contribution in [0.1, 0.15) is 0 Å². The lowest BCUT2D eigenvalue weighted by molar-refractivity contribution is 0.139. The summed E-state index contributed by atoms with van der Waals surface area (Å²) in [6.45, 7) is 16.5. The van der Waals surface area contributed by atoms with Crippen molar-refractivity contribution in [1.82, 2.24) is 0 Å². The SMILES string of the molecule is C=CC(/C=C(\OC)O[Si](C)(C)C)O[Si](C)(C)C. The lowest BCUT2D eigenvalue weighted by Gasteiger charge is -2.24. The van der Waals surface area contributed by atoms with Crippen LogP contribution in [0.3, 0.4) is 0 Å². The second kappa shape index (κ2) is 6.42. The van der Waals surface area contributed by atoms with Gasteiger partial charge in [0.1, 0.15) is 0 Å². The second-order valence-electron chi connectivity index (χ2n) is 5.83. The zero-order chi connectivity index (χ0) is 13.7. The number of methoxy groups -OCH3 is 1. The van der Waals surface area contributed by atoms with Crippen molar-refractivity contribution >= 4 is 16.6 Å². The Hall–Kier alpha value is -0.526. The molecular formula is C12H26O3Si2. The zero-order valence-corrected chi connectivity index (χ0v) is 14.2. The van der Waals surface area contributed by atoms with Crippen LogP contribution in [0.4, 0.5) is 0 Å². The van der Waals surface area contributed by atoms with Gasteiger partial charge in [0.05, 0.1) is 13.2 Å². The molecule has 0 aromatic heterocycles. The molecule has 0 spiro atoms. The molecule has 0 rings (SSSR count). The van der Waals surface area contributed by atoms with Crippen molar-refractivity contribution in [2.24, 2.45) is 0 Å². The summed E-state index contributed by atoms with van der Waals surface area (Å²) >= 11 is 0. The highest BCUT2D eigenvalue weighted by Gasteiger charge is 2.21. The van der Waals surface area contributed by atoms with E-state index < -0.39 is 16.6 Å². The summed E-state index contributed by atoms with van der Waals surface area (Å²) in [6.07, 6.45) is 3.47. The van der Waals surface area contributed by atoms with Gasteiger partial charge in [0.15, 0.2) is 8.32 Å². The first-order valence-electron chi connectivity index (χ1n) is 5.82. The van der Waals surface area contributed by atoms with Gasteiger partial charge in [0.2, 0.25) is 8.32 Å². The molecule has 3 nitrogen and oxygen atoms in total. The van der Waals surface area contributed by atoms with Gasteiger partial charge in [-0.2, -0.15) is 0 Å². The molecule has 0 bridgehead atoms. The molecule has 0 saturated heterocycles. The van der Waals surface area contributed by atoms with Crippen LogP contribution in [0.25, 0.3) is 0 Å². The molecule has 0 saturated carbocycles. The summed E-state index contributed by atoms with van der Waals surface area (Å²) in [5.74, 6) is 0.535. The lowest BCUT2D eigenvalue weighted by atomic mass is 10.3. The van der Waals surface area contributed by atoms with Crippen LogP contribution in [0.2, 0.25) is 39.3 Å². The third kappa shape index (κ3) is 9.20. The molecule has 0 aliphatic carbocycles. The first-order chi connectivity index (χ1) is 7.57. The third-order valence-electron chi connectivity index (χ3n) is 1.63. The number of hydrogen-bond donors (Lipinski definition) is 0. The monoisotopic (exact) mass is 274 g/mol. The Kier molecular flexibility index (Phi) is 6.22. The Bertz CT molecular complexity index is 274. The molecule has 17 heavy (non-hydrogen) atoms. The molecule has 0 fully saturated rings. The Balaban J connectivity index is 4.72. The summed E-state index contributed by atoms with van der Waals surface area (Å²) in [4.78, 5) is 0. The Morgan fingerprint density at radius 2 is 1.59 bits per heavy atom. The second-order valence-corrected chi connectivity index (χ2v) is 14.7. The van der Waals surface area contributed by atoms with Crippen LogP contribution >= 0.6 is 0 Å². The standard InChI is InChI=1S/C12H26O3Si2/c1-9-11(14-16(3,4)5)10-12(13-2)15-17(6,7)8/h9-11H,1H2,2-8H3/b12-10+. The molecule has 0 aromatic carbocycles. The Morgan fingerprint density at radius 3 is 1.88 bits per heavy atom. The maximum Gasteiger partial charge on any atom is 0.263 e. The van der Waals surface area contributed by atoms with Crippen LogP contribution in [0.15, 0.2) is 24.7 Å². The predicted molar refractivity (Wildman–Crippen MR) is 77.9 cm³/mol. The van der Waals surface area contributed by atoms with E-state index in [2.05, 4.69) is 45.9 Å². The highest BCUT2D eigenvalue weighted by Crippen LogP contribution is 2.15. The van der Waals surface area contributed by atoms with E-state index in [-0.39, 0.29) is 6.10 Å². The van der Waals surface area contributed by atoms with Crippen LogP contribution in [-0.4, -0.2) is 29.8 Å². The van der Waals surface area contributed by atoms with Gasteiger partial charge < -0.3 is 13.6 Å². The Morgan fingerprint density at radius 1 is 1.06 bits per heavy atom. The van der Waals surface area contributed by atoms with Crippen LogP contribution in [0.5, 0.6) is 0 Å². The quantitative estimate of drug-likeness (QED) is 0.402. The van der Waals surface area contributed by atoms with Crippen LogP contribution in [-0.2, 0) is 13.6 Å². The van der Waals surface area contributed by atoms with Crippen LogP contribution in [0, 0.1) is 0 Å². The van der Waals surface area contributed by atoms with Gasteiger partial charge in [0, 0.05) is 6.08 Å². The van der Waals surface area contributed by atoms with Gasteiger partial charge in [0.25, 0.3) is 5.95 Å². The van der Waals surface area contributed by atoms with Crippen molar-refractivity contribution in [2.75, 3.05) is 7.11 Å².